The number of hydrogen-bond acceptors (Lipinski definition) is 5. The largest absolute Gasteiger partial charge is 0.381 e. The Morgan fingerprint density at radius 1 is 1.48 bits per heavy atom. The molecule has 7 nitrogen and oxygen atoms in total. The van der Waals surface area contributed by atoms with Gasteiger partial charge in [-0.05, 0) is 31.4 Å². The van der Waals surface area contributed by atoms with Crippen LogP contribution in [-0.4, -0.2) is 24.0 Å². The van der Waals surface area contributed by atoms with Crippen molar-refractivity contribution in [2.45, 2.75) is 19.8 Å². The third-order valence-corrected chi connectivity index (χ3v) is 3.59. The number of carbonyl (C=O) groups is 1. The first-order valence-electron chi connectivity index (χ1n) is 6.54. The van der Waals surface area contributed by atoms with Crippen LogP contribution in [0.15, 0.2) is 18.2 Å². The topological polar surface area (TPSA) is 105 Å². The minimum atomic E-state index is -1.18. The summed E-state index contributed by atoms with van der Waals surface area (Å²) in [5.41, 5.74) is -0.530. The van der Waals surface area contributed by atoms with Crippen molar-refractivity contribution in [2.24, 2.45) is 5.41 Å². The molecule has 0 aliphatic carbocycles. The normalized spacial score (nSPS) is 16.8. The number of rotatable bonds is 3. The molecule has 0 spiro atoms. The van der Waals surface area contributed by atoms with E-state index in [4.69, 9.17) is 4.74 Å². The predicted octanol–water partition coefficient (Wildman–Crippen LogP) is 2.16. The van der Waals surface area contributed by atoms with Crippen LogP contribution < -0.4 is 5.32 Å². The van der Waals surface area contributed by atoms with Gasteiger partial charge in [0.15, 0.2) is 0 Å². The third-order valence-electron chi connectivity index (χ3n) is 3.59. The molecule has 1 aromatic rings. The van der Waals surface area contributed by atoms with E-state index in [1.807, 2.05) is 6.07 Å². The average Bonchev–Trinajstić information content (AvgIpc) is 2.49. The van der Waals surface area contributed by atoms with Gasteiger partial charge >= 0.3 is 0 Å². The predicted molar refractivity (Wildman–Crippen MR) is 74.6 cm³/mol. The molecule has 2 rings (SSSR count). The lowest BCUT2D eigenvalue weighted by Gasteiger charge is -2.29. The standard InChI is InChI=1S/C14H15N3O4/c1-10-2-3-11(12(8-10)17(19)20)16-13(18)14(9-15)4-6-21-7-5-14/h2-3,8H,4-7H2,1H3,(H,16,18). The molecule has 0 bridgehead atoms. The number of amides is 1. The zero-order valence-corrected chi connectivity index (χ0v) is 11.6. The third kappa shape index (κ3) is 3.01. The van der Waals surface area contributed by atoms with Crippen molar-refractivity contribution < 1.29 is 14.5 Å². The number of nitriles is 1. The first kappa shape index (κ1) is 14.9. The lowest BCUT2D eigenvalue weighted by Crippen LogP contribution is -2.40. The summed E-state index contributed by atoms with van der Waals surface area (Å²) in [6.45, 7) is 2.39. The summed E-state index contributed by atoms with van der Waals surface area (Å²) < 4.78 is 5.17. The fourth-order valence-electron chi connectivity index (χ4n) is 2.25. The van der Waals surface area contributed by atoms with E-state index in [0.29, 0.717) is 13.2 Å². The smallest absolute Gasteiger partial charge is 0.293 e. The van der Waals surface area contributed by atoms with E-state index in [-0.39, 0.29) is 24.2 Å². The van der Waals surface area contributed by atoms with Gasteiger partial charge in [-0.1, -0.05) is 6.07 Å². The lowest BCUT2D eigenvalue weighted by molar-refractivity contribution is -0.384. The maximum atomic E-state index is 12.4. The minimum absolute atomic E-state index is 0.108. The number of nitrogens with one attached hydrogen (secondary N) is 1. The molecule has 21 heavy (non-hydrogen) atoms. The van der Waals surface area contributed by atoms with Crippen molar-refractivity contribution >= 4 is 17.3 Å². The van der Waals surface area contributed by atoms with Gasteiger partial charge in [0.25, 0.3) is 5.69 Å². The van der Waals surface area contributed by atoms with E-state index in [1.165, 1.54) is 12.1 Å². The lowest BCUT2D eigenvalue weighted by atomic mass is 9.81. The molecule has 0 unspecified atom stereocenters. The Balaban J connectivity index is 2.27. The number of carbonyl (C=O) groups excluding carboxylic acids is 1. The van der Waals surface area contributed by atoms with Gasteiger partial charge in [-0.25, -0.2) is 0 Å². The maximum Gasteiger partial charge on any atom is 0.293 e. The van der Waals surface area contributed by atoms with Crippen LogP contribution in [0.2, 0.25) is 0 Å². The molecular formula is C14H15N3O4. The van der Waals surface area contributed by atoms with Gasteiger partial charge in [0.1, 0.15) is 11.1 Å². The van der Waals surface area contributed by atoms with Gasteiger partial charge in [-0.2, -0.15) is 5.26 Å². The first-order chi connectivity index (χ1) is 9.98. The van der Waals surface area contributed by atoms with Crippen LogP contribution in [0, 0.1) is 33.8 Å². The van der Waals surface area contributed by atoms with E-state index in [9.17, 15) is 20.2 Å². The quantitative estimate of drug-likeness (QED) is 0.678. The highest BCUT2D eigenvalue weighted by Crippen LogP contribution is 2.33. The van der Waals surface area contributed by atoms with Crippen LogP contribution in [0.4, 0.5) is 11.4 Å². The van der Waals surface area contributed by atoms with Gasteiger partial charge in [0, 0.05) is 19.3 Å². The van der Waals surface area contributed by atoms with Gasteiger partial charge in [0.2, 0.25) is 5.91 Å². The number of hydrogen-bond donors (Lipinski definition) is 1. The second-order valence-electron chi connectivity index (χ2n) is 5.04. The highest BCUT2D eigenvalue weighted by atomic mass is 16.6. The number of aryl methyl sites for hydroxylation is 1. The Morgan fingerprint density at radius 2 is 2.14 bits per heavy atom. The fraction of sp³-hybridized carbons (Fsp3) is 0.429. The van der Waals surface area contributed by atoms with Crippen LogP contribution in [-0.2, 0) is 9.53 Å². The Morgan fingerprint density at radius 3 is 2.71 bits per heavy atom. The van der Waals surface area contributed by atoms with E-state index < -0.39 is 16.2 Å². The molecule has 1 fully saturated rings. The molecule has 110 valence electrons. The van der Waals surface area contributed by atoms with Crippen molar-refractivity contribution in [3.05, 3.63) is 33.9 Å². The van der Waals surface area contributed by atoms with Gasteiger partial charge in [-0.3, -0.25) is 14.9 Å². The molecule has 1 saturated heterocycles. The van der Waals surface area contributed by atoms with Crippen LogP contribution in [0.25, 0.3) is 0 Å². The summed E-state index contributed by atoms with van der Waals surface area (Å²) in [7, 11) is 0. The van der Waals surface area contributed by atoms with Crippen molar-refractivity contribution in [3.63, 3.8) is 0 Å². The SMILES string of the molecule is Cc1ccc(NC(=O)C2(C#N)CCOCC2)c([N+](=O)[O-])c1. The van der Waals surface area contributed by atoms with Gasteiger partial charge in [0.05, 0.1) is 11.0 Å². The zero-order chi connectivity index (χ0) is 15.5. The summed E-state index contributed by atoms with van der Waals surface area (Å²) >= 11 is 0. The molecule has 1 amide bonds. The minimum Gasteiger partial charge on any atom is -0.381 e. The second kappa shape index (κ2) is 5.89. The van der Waals surface area contributed by atoms with E-state index in [0.717, 1.165) is 5.56 Å². The van der Waals surface area contributed by atoms with Crippen LogP contribution in [0.1, 0.15) is 18.4 Å². The highest BCUT2D eigenvalue weighted by Gasteiger charge is 2.41. The number of nitro benzene ring substituents is 1. The van der Waals surface area contributed by atoms with Crippen LogP contribution in [0.5, 0.6) is 0 Å². The molecule has 1 aromatic carbocycles. The van der Waals surface area contributed by atoms with Crippen molar-refractivity contribution in [1.29, 1.82) is 5.26 Å². The monoisotopic (exact) mass is 289 g/mol. The summed E-state index contributed by atoms with van der Waals surface area (Å²) in [6.07, 6.45) is 0.573. The number of benzene rings is 1. The Kier molecular flexibility index (Phi) is 4.19. The Labute approximate surface area is 121 Å². The van der Waals surface area contributed by atoms with Crippen molar-refractivity contribution in [3.8, 4) is 6.07 Å². The molecule has 0 saturated carbocycles. The molecule has 0 aromatic heterocycles. The van der Waals surface area contributed by atoms with E-state index in [2.05, 4.69) is 5.32 Å². The summed E-state index contributed by atoms with van der Waals surface area (Å²) in [5, 5.41) is 22.9. The first-order valence-corrected chi connectivity index (χ1v) is 6.54. The summed E-state index contributed by atoms with van der Waals surface area (Å²) in [6, 6.07) is 6.58. The number of ether oxygens (including phenoxy) is 1. The molecule has 1 heterocycles. The Bertz CT molecular complexity index is 615. The molecule has 0 atom stereocenters. The van der Waals surface area contributed by atoms with Crippen LogP contribution in [0.3, 0.4) is 0 Å². The number of nitrogens with zero attached hydrogens (tertiary/aromatic N) is 2. The van der Waals surface area contributed by atoms with Crippen molar-refractivity contribution in [1.82, 2.24) is 0 Å². The highest BCUT2D eigenvalue weighted by molar-refractivity contribution is 5.99. The van der Waals surface area contributed by atoms with Crippen LogP contribution >= 0.6 is 0 Å². The second-order valence-corrected chi connectivity index (χ2v) is 5.04. The fourth-order valence-corrected chi connectivity index (χ4v) is 2.25. The maximum absolute atomic E-state index is 12.4. The van der Waals surface area contributed by atoms with Gasteiger partial charge in [-0.15, -0.1) is 0 Å². The van der Waals surface area contributed by atoms with E-state index >= 15 is 0 Å². The molecule has 7 heteroatoms. The van der Waals surface area contributed by atoms with Crippen molar-refractivity contribution in [2.75, 3.05) is 18.5 Å². The zero-order valence-electron chi connectivity index (χ0n) is 11.6. The average molecular weight is 289 g/mol. The molecule has 1 aliphatic heterocycles. The molecule has 1 N–H and O–H groups in total. The van der Waals surface area contributed by atoms with E-state index in [1.54, 1.807) is 13.0 Å². The molecule has 0 radical (unpaired) electrons. The summed E-state index contributed by atoms with van der Waals surface area (Å²) in [5.74, 6) is -0.514. The Hall–Kier alpha value is -2.46. The summed E-state index contributed by atoms with van der Waals surface area (Å²) in [4.78, 5) is 22.9. The number of nitro groups is 1. The molecule has 1 aliphatic rings. The number of anilines is 1. The van der Waals surface area contributed by atoms with Gasteiger partial charge < -0.3 is 10.1 Å². The molecular weight excluding hydrogens is 274 g/mol.